The van der Waals surface area contributed by atoms with Crippen LogP contribution in [0.5, 0.6) is 0 Å². The first kappa shape index (κ1) is 13.8. The van der Waals surface area contributed by atoms with Crippen LogP contribution in [0.2, 0.25) is 0 Å². The molecule has 5 heteroatoms. The Morgan fingerprint density at radius 1 is 1.33 bits per heavy atom. The molecule has 0 saturated heterocycles. The summed E-state index contributed by atoms with van der Waals surface area (Å²) in [5.74, 6) is 0.881. The summed E-state index contributed by atoms with van der Waals surface area (Å²) < 4.78 is 11.9. The van der Waals surface area contributed by atoms with E-state index in [1.54, 1.807) is 17.6 Å². The van der Waals surface area contributed by atoms with Gasteiger partial charge in [-0.05, 0) is 53.2 Å². The summed E-state index contributed by atoms with van der Waals surface area (Å²) in [5, 5.41) is 3.39. The van der Waals surface area contributed by atoms with Crippen LogP contribution in [0.15, 0.2) is 38.7 Å². The number of halogens is 1. The van der Waals surface area contributed by atoms with Crippen LogP contribution in [0.4, 0.5) is 0 Å². The molecule has 2 aromatic rings. The van der Waals surface area contributed by atoms with Crippen LogP contribution in [0.25, 0.3) is 0 Å². The minimum absolute atomic E-state index is 0.560. The van der Waals surface area contributed by atoms with Crippen LogP contribution >= 0.6 is 27.3 Å². The van der Waals surface area contributed by atoms with Gasteiger partial charge in [0.2, 0.25) is 0 Å². The molecular weight excluding hydrogens is 314 g/mol. The number of thiophene rings is 1. The maximum atomic E-state index is 5.50. The zero-order valence-corrected chi connectivity index (χ0v) is 12.4. The van der Waals surface area contributed by atoms with Crippen molar-refractivity contribution in [2.45, 2.75) is 19.6 Å². The number of hydrogen-bond acceptors (Lipinski definition) is 4. The summed E-state index contributed by atoms with van der Waals surface area (Å²) in [4.78, 5) is 1.35. The molecule has 2 rings (SSSR count). The van der Waals surface area contributed by atoms with Crippen molar-refractivity contribution in [1.82, 2.24) is 5.32 Å². The van der Waals surface area contributed by atoms with E-state index in [2.05, 4.69) is 33.4 Å². The van der Waals surface area contributed by atoms with E-state index in [1.807, 2.05) is 12.1 Å². The van der Waals surface area contributed by atoms with Crippen molar-refractivity contribution in [3.8, 4) is 0 Å². The standard InChI is InChI=1S/C13H16BrNO2S/c14-13-5-4-12(18-13)9-15-6-2-7-16-10-11-3-1-8-17-11/h1,3-5,8,15H,2,6-7,9-10H2. The second-order valence-corrected chi connectivity index (χ2v) is 6.42. The molecule has 0 aliphatic heterocycles. The lowest BCUT2D eigenvalue weighted by Crippen LogP contribution is -2.15. The smallest absolute Gasteiger partial charge is 0.129 e. The van der Waals surface area contributed by atoms with Gasteiger partial charge in [-0.15, -0.1) is 11.3 Å². The van der Waals surface area contributed by atoms with Crippen LogP contribution < -0.4 is 5.32 Å². The molecule has 0 spiro atoms. The van der Waals surface area contributed by atoms with Gasteiger partial charge in [0.05, 0.1) is 10.0 Å². The van der Waals surface area contributed by atoms with Gasteiger partial charge >= 0.3 is 0 Å². The molecule has 98 valence electrons. The highest BCUT2D eigenvalue weighted by atomic mass is 79.9. The van der Waals surface area contributed by atoms with Crippen molar-refractivity contribution < 1.29 is 9.15 Å². The van der Waals surface area contributed by atoms with Crippen LogP contribution in [0.1, 0.15) is 17.1 Å². The first-order valence-corrected chi connectivity index (χ1v) is 7.50. The second kappa shape index (κ2) is 7.74. The number of rotatable bonds is 8. The molecule has 0 bridgehead atoms. The SMILES string of the molecule is Brc1ccc(CNCCCOCc2ccco2)s1. The van der Waals surface area contributed by atoms with Crippen LogP contribution in [0.3, 0.4) is 0 Å². The molecule has 0 radical (unpaired) electrons. The van der Waals surface area contributed by atoms with Crippen LogP contribution in [-0.2, 0) is 17.9 Å². The molecule has 0 aliphatic carbocycles. The van der Waals surface area contributed by atoms with Crippen molar-refractivity contribution in [1.29, 1.82) is 0 Å². The van der Waals surface area contributed by atoms with E-state index in [0.717, 1.165) is 31.9 Å². The Balaban J connectivity index is 1.46. The third kappa shape index (κ3) is 4.94. The summed E-state index contributed by atoms with van der Waals surface area (Å²) in [6.45, 7) is 3.20. The number of hydrogen-bond donors (Lipinski definition) is 1. The van der Waals surface area contributed by atoms with E-state index < -0.39 is 0 Å². The predicted molar refractivity (Wildman–Crippen MR) is 76.7 cm³/mol. The maximum absolute atomic E-state index is 5.50. The minimum atomic E-state index is 0.560. The summed E-state index contributed by atoms with van der Waals surface area (Å²) in [5.41, 5.74) is 0. The zero-order chi connectivity index (χ0) is 12.6. The molecule has 0 atom stereocenters. The maximum Gasteiger partial charge on any atom is 0.129 e. The average Bonchev–Trinajstić information content (AvgIpc) is 3.00. The molecule has 0 fully saturated rings. The summed E-state index contributed by atoms with van der Waals surface area (Å²) in [6.07, 6.45) is 2.67. The summed E-state index contributed by atoms with van der Waals surface area (Å²) >= 11 is 5.22. The molecule has 3 nitrogen and oxygen atoms in total. The van der Waals surface area contributed by atoms with Crippen molar-refractivity contribution in [3.05, 3.63) is 45.0 Å². The Labute approximate surface area is 119 Å². The molecular formula is C13H16BrNO2S. The molecule has 0 aromatic carbocycles. The van der Waals surface area contributed by atoms with E-state index in [-0.39, 0.29) is 0 Å². The highest BCUT2D eigenvalue weighted by Gasteiger charge is 1.97. The fourth-order valence-corrected chi connectivity index (χ4v) is 2.98. The van der Waals surface area contributed by atoms with Gasteiger partial charge in [0.1, 0.15) is 12.4 Å². The molecule has 18 heavy (non-hydrogen) atoms. The monoisotopic (exact) mass is 329 g/mol. The molecule has 2 aromatic heterocycles. The lowest BCUT2D eigenvalue weighted by atomic mass is 10.4. The second-order valence-electron chi connectivity index (χ2n) is 3.87. The van der Waals surface area contributed by atoms with E-state index in [9.17, 15) is 0 Å². The highest BCUT2D eigenvalue weighted by Crippen LogP contribution is 2.21. The van der Waals surface area contributed by atoms with Crippen molar-refractivity contribution in [2.24, 2.45) is 0 Å². The summed E-state index contributed by atoms with van der Waals surface area (Å²) in [6, 6.07) is 8.01. The zero-order valence-electron chi connectivity index (χ0n) is 10.0. The number of nitrogens with one attached hydrogen (secondary N) is 1. The molecule has 0 amide bonds. The van der Waals surface area contributed by atoms with Crippen molar-refractivity contribution in [2.75, 3.05) is 13.2 Å². The molecule has 1 N–H and O–H groups in total. The Morgan fingerprint density at radius 3 is 3.00 bits per heavy atom. The normalized spacial score (nSPS) is 10.9. The topological polar surface area (TPSA) is 34.4 Å². The van der Waals surface area contributed by atoms with Gasteiger partial charge in [-0.25, -0.2) is 0 Å². The Hall–Kier alpha value is -0.620. The Morgan fingerprint density at radius 2 is 2.28 bits per heavy atom. The van der Waals surface area contributed by atoms with Gasteiger partial charge < -0.3 is 14.5 Å². The lowest BCUT2D eigenvalue weighted by Gasteiger charge is -2.04. The predicted octanol–water partition coefficient (Wildman–Crippen LogP) is 3.80. The highest BCUT2D eigenvalue weighted by molar-refractivity contribution is 9.11. The molecule has 2 heterocycles. The quantitative estimate of drug-likeness (QED) is 0.748. The largest absolute Gasteiger partial charge is 0.467 e. The third-order valence-electron chi connectivity index (χ3n) is 2.39. The number of furan rings is 1. The molecule has 0 saturated carbocycles. The molecule has 0 unspecified atom stereocenters. The first-order valence-electron chi connectivity index (χ1n) is 5.89. The minimum Gasteiger partial charge on any atom is -0.467 e. The van der Waals surface area contributed by atoms with E-state index in [0.29, 0.717) is 6.61 Å². The fraction of sp³-hybridized carbons (Fsp3) is 0.385. The van der Waals surface area contributed by atoms with Crippen molar-refractivity contribution in [3.63, 3.8) is 0 Å². The van der Waals surface area contributed by atoms with Crippen LogP contribution in [0, 0.1) is 0 Å². The van der Waals surface area contributed by atoms with Gasteiger partial charge in [0, 0.05) is 18.0 Å². The van der Waals surface area contributed by atoms with Gasteiger partial charge in [0.15, 0.2) is 0 Å². The Bertz CT molecular complexity index is 442. The van der Waals surface area contributed by atoms with E-state index >= 15 is 0 Å². The third-order valence-corrected chi connectivity index (χ3v) is 4.02. The van der Waals surface area contributed by atoms with Gasteiger partial charge in [-0.3, -0.25) is 0 Å². The van der Waals surface area contributed by atoms with Crippen molar-refractivity contribution >= 4 is 27.3 Å². The fourth-order valence-electron chi connectivity index (χ4n) is 1.53. The van der Waals surface area contributed by atoms with Gasteiger partial charge in [-0.2, -0.15) is 0 Å². The van der Waals surface area contributed by atoms with E-state index in [1.165, 1.54) is 8.66 Å². The number of ether oxygens (including phenoxy) is 1. The van der Waals surface area contributed by atoms with Crippen LogP contribution in [-0.4, -0.2) is 13.2 Å². The lowest BCUT2D eigenvalue weighted by molar-refractivity contribution is 0.104. The molecule has 0 aliphatic rings. The van der Waals surface area contributed by atoms with Gasteiger partial charge in [-0.1, -0.05) is 0 Å². The van der Waals surface area contributed by atoms with E-state index in [4.69, 9.17) is 9.15 Å². The Kier molecular flexibility index (Phi) is 5.93. The summed E-state index contributed by atoms with van der Waals surface area (Å²) in [7, 11) is 0. The van der Waals surface area contributed by atoms with Gasteiger partial charge in [0.25, 0.3) is 0 Å². The first-order chi connectivity index (χ1) is 8.84. The average molecular weight is 330 g/mol.